The zero-order valence-corrected chi connectivity index (χ0v) is 19.6. The number of ether oxygens (including phenoxy) is 2. The number of nitrogens with one attached hydrogen (secondary N) is 2. The number of carbonyl (C=O) groups is 3. The van der Waals surface area contributed by atoms with Gasteiger partial charge in [-0.25, -0.2) is 9.18 Å². The van der Waals surface area contributed by atoms with Gasteiger partial charge in [-0.15, -0.1) is 0 Å². The smallest absolute Gasteiger partial charge is 0.411 e. The first-order valence-electron chi connectivity index (χ1n) is 11.4. The number of methoxy groups -OCH3 is 1. The first-order valence-corrected chi connectivity index (χ1v) is 11.4. The van der Waals surface area contributed by atoms with Gasteiger partial charge in [0.25, 0.3) is 5.91 Å². The van der Waals surface area contributed by atoms with E-state index in [0.29, 0.717) is 17.9 Å². The van der Waals surface area contributed by atoms with E-state index >= 15 is 0 Å². The third kappa shape index (κ3) is 5.69. The molecule has 2 N–H and O–H groups in total. The maximum absolute atomic E-state index is 14.0. The summed E-state index contributed by atoms with van der Waals surface area (Å²) < 4.78 is 24.7. The monoisotopic (exact) mass is 491 g/mol. The van der Waals surface area contributed by atoms with E-state index in [1.807, 2.05) is 30.3 Å². The topological polar surface area (TPSA) is 97.0 Å². The average molecular weight is 492 g/mol. The van der Waals surface area contributed by atoms with Crippen molar-refractivity contribution in [3.05, 3.63) is 101 Å². The van der Waals surface area contributed by atoms with Gasteiger partial charge in [0.15, 0.2) is 12.1 Å². The lowest BCUT2D eigenvalue weighted by atomic mass is 10.00. The van der Waals surface area contributed by atoms with Crippen molar-refractivity contribution in [3.63, 3.8) is 0 Å². The Hall–Kier alpha value is -4.24. The first kappa shape index (κ1) is 24.9. The minimum atomic E-state index is -0.952. The summed E-state index contributed by atoms with van der Waals surface area (Å²) in [4.78, 5) is 40.0. The number of amides is 3. The molecule has 3 aromatic carbocycles. The third-order valence-corrected chi connectivity index (χ3v) is 5.75. The Labute approximate surface area is 208 Å². The minimum absolute atomic E-state index is 0.0976. The minimum Gasteiger partial charge on any atom is -0.438 e. The maximum atomic E-state index is 14.0. The van der Waals surface area contributed by atoms with Crippen molar-refractivity contribution >= 4 is 23.6 Å². The van der Waals surface area contributed by atoms with Crippen molar-refractivity contribution in [2.75, 3.05) is 25.6 Å². The van der Waals surface area contributed by atoms with E-state index in [0.717, 1.165) is 5.56 Å². The fourth-order valence-corrected chi connectivity index (χ4v) is 4.01. The summed E-state index contributed by atoms with van der Waals surface area (Å²) in [5.74, 6) is -1.65. The van der Waals surface area contributed by atoms with E-state index in [1.54, 1.807) is 30.3 Å². The first-order chi connectivity index (χ1) is 17.5. The second kappa shape index (κ2) is 11.5. The number of hydrogen-bond donors (Lipinski definition) is 2. The van der Waals surface area contributed by atoms with Crippen LogP contribution in [0.15, 0.2) is 78.9 Å². The highest BCUT2D eigenvalue weighted by Gasteiger charge is 2.47. The van der Waals surface area contributed by atoms with Gasteiger partial charge < -0.3 is 20.1 Å². The van der Waals surface area contributed by atoms with E-state index in [9.17, 15) is 18.8 Å². The fourth-order valence-electron chi connectivity index (χ4n) is 4.01. The molecule has 0 spiro atoms. The molecule has 2 atom stereocenters. The van der Waals surface area contributed by atoms with Crippen LogP contribution < -0.4 is 10.6 Å². The molecule has 36 heavy (non-hydrogen) atoms. The lowest BCUT2D eigenvalue weighted by Crippen LogP contribution is -2.47. The van der Waals surface area contributed by atoms with Gasteiger partial charge in [0, 0.05) is 19.3 Å². The molecule has 1 fully saturated rings. The van der Waals surface area contributed by atoms with Crippen LogP contribution in [-0.4, -0.2) is 49.1 Å². The molecule has 1 aliphatic rings. The summed E-state index contributed by atoms with van der Waals surface area (Å²) >= 11 is 0. The van der Waals surface area contributed by atoms with Crippen LogP contribution in [0.2, 0.25) is 0 Å². The Morgan fingerprint density at radius 2 is 1.78 bits per heavy atom. The predicted octanol–water partition coefficient (Wildman–Crippen LogP) is 3.90. The van der Waals surface area contributed by atoms with Gasteiger partial charge in [-0.1, -0.05) is 54.6 Å². The zero-order chi connectivity index (χ0) is 25.5. The van der Waals surface area contributed by atoms with Crippen LogP contribution in [0.25, 0.3) is 0 Å². The van der Waals surface area contributed by atoms with Crippen molar-refractivity contribution < 1.29 is 28.2 Å². The summed E-state index contributed by atoms with van der Waals surface area (Å²) in [7, 11) is 1.53. The Bertz CT molecular complexity index is 1240. The summed E-state index contributed by atoms with van der Waals surface area (Å²) in [5, 5.41) is 5.45. The van der Waals surface area contributed by atoms with Gasteiger partial charge in [0.1, 0.15) is 5.82 Å². The van der Waals surface area contributed by atoms with Crippen molar-refractivity contribution in [1.29, 1.82) is 0 Å². The average Bonchev–Trinajstić information content (AvgIpc) is 3.21. The molecule has 9 heteroatoms. The van der Waals surface area contributed by atoms with Gasteiger partial charge in [-0.3, -0.25) is 14.5 Å². The molecule has 1 heterocycles. The normalized spacial score (nSPS) is 16.9. The van der Waals surface area contributed by atoms with Crippen LogP contribution in [0.1, 0.15) is 27.6 Å². The molecule has 0 aliphatic carbocycles. The van der Waals surface area contributed by atoms with Crippen molar-refractivity contribution in [2.45, 2.75) is 18.7 Å². The number of nitrogens with zero attached hydrogens (tertiary/aromatic N) is 1. The summed E-state index contributed by atoms with van der Waals surface area (Å²) in [6.45, 7) is 0.765. The molecular formula is C27H26FN3O5. The van der Waals surface area contributed by atoms with E-state index < -0.39 is 30.0 Å². The molecule has 0 saturated carbocycles. The van der Waals surface area contributed by atoms with Gasteiger partial charge in [0.05, 0.1) is 18.7 Å². The lowest BCUT2D eigenvalue weighted by molar-refractivity contribution is -0.126. The second-order valence-electron chi connectivity index (χ2n) is 8.21. The Morgan fingerprint density at radius 1 is 1.03 bits per heavy atom. The highest BCUT2D eigenvalue weighted by Crippen LogP contribution is 2.35. The zero-order valence-electron chi connectivity index (χ0n) is 19.6. The second-order valence-corrected chi connectivity index (χ2v) is 8.21. The molecule has 0 aromatic heterocycles. The van der Waals surface area contributed by atoms with Crippen molar-refractivity contribution in [3.8, 4) is 0 Å². The molecule has 3 amide bonds. The molecule has 0 unspecified atom stereocenters. The number of anilines is 1. The maximum Gasteiger partial charge on any atom is 0.411 e. The van der Waals surface area contributed by atoms with Gasteiger partial charge in [0.2, 0.25) is 5.91 Å². The Morgan fingerprint density at radius 3 is 2.53 bits per heavy atom. The molecule has 0 radical (unpaired) electrons. The third-order valence-electron chi connectivity index (χ3n) is 5.75. The number of rotatable bonds is 9. The van der Waals surface area contributed by atoms with Crippen molar-refractivity contribution in [2.24, 2.45) is 0 Å². The van der Waals surface area contributed by atoms with Gasteiger partial charge in [-0.2, -0.15) is 0 Å². The van der Waals surface area contributed by atoms with Crippen LogP contribution in [0.3, 0.4) is 0 Å². The van der Waals surface area contributed by atoms with Crippen LogP contribution in [0.4, 0.5) is 14.9 Å². The fraction of sp³-hybridized carbons (Fsp3) is 0.222. The lowest BCUT2D eigenvalue weighted by Gasteiger charge is -2.24. The van der Waals surface area contributed by atoms with Crippen LogP contribution in [0.5, 0.6) is 0 Å². The predicted molar refractivity (Wildman–Crippen MR) is 131 cm³/mol. The van der Waals surface area contributed by atoms with Crippen molar-refractivity contribution in [1.82, 2.24) is 10.2 Å². The number of cyclic esters (lactones) is 1. The largest absolute Gasteiger partial charge is 0.438 e. The summed E-state index contributed by atoms with van der Waals surface area (Å²) in [6, 6.07) is 20.6. The summed E-state index contributed by atoms with van der Waals surface area (Å²) in [6.07, 6.45) is -1.55. The molecule has 1 aliphatic heterocycles. The summed E-state index contributed by atoms with van der Waals surface area (Å²) in [5.41, 5.74) is 1.63. The van der Waals surface area contributed by atoms with Gasteiger partial charge in [-0.05, 0) is 35.4 Å². The highest BCUT2D eigenvalue weighted by molar-refractivity contribution is 6.04. The van der Waals surface area contributed by atoms with Crippen LogP contribution in [0, 0.1) is 5.82 Å². The van der Waals surface area contributed by atoms with Crippen LogP contribution >= 0.6 is 0 Å². The quantitative estimate of drug-likeness (QED) is 0.443. The number of halogens is 1. The highest BCUT2D eigenvalue weighted by atomic mass is 19.1. The molecule has 3 aromatic rings. The van der Waals surface area contributed by atoms with Gasteiger partial charge >= 0.3 is 6.09 Å². The molecule has 1 saturated heterocycles. The number of carbonyl (C=O) groups excluding carboxylic acids is 3. The van der Waals surface area contributed by atoms with E-state index in [4.69, 9.17) is 9.47 Å². The number of benzene rings is 3. The van der Waals surface area contributed by atoms with E-state index in [-0.39, 0.29) is 24.6 Å². The van der Waals surface area contributed by atoms with E-state index in [1.165, 1.54) is 30.2 Å². The molecule has 4 rings (SSSR count). The van der Waals surface area contributed by atoms with E-state index in [2.05, 4.69) is 10.6 Å². The molecule has 0 bridgehead atoms. The number of hydrogen-bond acceptors (Lipinski definition) is 5. The Balaban J connectivity index is 1.59. The Kier molecular flexibility index (Phi) is 7.92. The molecule has 8 nitrogen and oxygen atoms in total. The molecular weight excluding hydrogens is 465 g/mol. The SMILES string of the molecule is COCCNC(=O)[C@@H]1[C@@H](c2cccc(NC(=O)c3ccccc3F)c2)OC(=O)N1Cc1ccccc1. The van der Waals surface area contributed by atoms with Crippen LogP contribution in [-0.2, 0) is 20.8 Å². The standard InChI is InChI=1S/C27H26FN3O5/c1-35-15-14-29-26(33)23-24(36-27(34)31(23)17-18-8-3-2-4-9-18)19-10-7-11-20(16-19)30-25(32)21-12-5-6-13-22(21)28/h2-13,16,23-24H,14-15,17H2,1H3,(H,29,33)(H,30,32)/t23-,24+/m0/s1. The molecule has 186 valence electrons.